The van der Waals surface area contributed by atoms with Gasteiger partial charge in [-0.05, 0) is 48.6 Å². The Balaban J connectivity index is 1.94. The fourth-order valence-electron chi connectivity index (χ4n) is 2.62. The Kier molecular flexibility index (Phi) is 3.22. The number of thiophene rings is 1. The molecule has 1 atom stereocenters. The topological polar surface area (TPSA) is 40.5 Å². The van der Waals surface area contributed by atoms with Gasteiger partial charge in [-0.15, -0.1) is 11.3 Å². The molecule has 0 radical (unpaired) electrons. The van der Waals surface area contributed by atoms with E-state index in [9.17, 15) is 14.3 Å². The molecule has 0 fully saturated rings. The van der Waals surface area contributed by atoms with Gasteiger partial charge in [-0.1, -0.05) is 0 Å². The van der Waals surface area contributed by atoms with Crippen molar-refractivity contribution in [3.8, 4) is 5.75 Å². The summed E-state index contributed by atoms with van der Waals surface area (Å²) in [5.74, 6) is -1.03. The van der Waals surface area contributed by atoms with Crippen molar-refractivity contribution in [3.63, 3.8) is 0 Å². The molecule has 1 aromatic carbocycles. The highest BCUT2D eigenvalue weighted by Crippen LogP contribution is 2.34. The number of phenols is 1. The van der Waals surface area contributed by atoms with Crippen molar-refractivity contribution in [2.24, 2.45) is 0 Å². The molecule has 3 nitrogen and oxygen atoms in total. The third kappa shape index (κ3) is 2.08. The van der Waals surface area contributed by atoms with Gasteiger partial charge in [0.25, 0.3) is 5.91 Å². The first kappa shape index (κ1) is 13.1. The number of aromatic hydroxyl groups is 1. The number of hydrogen-bond donors (Lipinski definition) is 1. The highest BCUT2D eigenvalue weighted by molar-refractivity contribution is 7.10. The van der Waals surface area contributed by atoms with Crippen LogP contribution in [0.3, 0.4) is 0 Å². The number of benzene rings is 1. The lowest BCUT2D eigenvalue weighted by Gasteiger charge is -2.33. The van der Waals surface area contributed by atoms with Crippen molar-refractivity contribution in [1.82, 2.24) is 4.90 Å². The van der Waals surface area contributed by atoms with Gasteiger partial charge in [0.05, 0.1) is 11.6 Å². The molecule has 0 bridgehead atoms. The Morgan fingerprint density at radius 2 is 2.25 bits per heavy atom. The molecule has 0 spiro atoms. The lowest BCUT2D eigenvalue weighted by Crippen LogP contribution is -2.38. The van der Waals surface area contributed by atoms with Gasteiger partial charge in [-0.25, -0.2) is 4.39 Å². The largest absolute Gasteiger partial charge is 0.507 e. The number of hydrogen-bond acceptors (Lipinski definition) is 3. The molecule has 1 unspecified atom stereocenters. The van der Waals surface area contributed by atoms with E-state index in [-0.39, 0.29) is 23.3 Å². The van der Waals surface area contributed by atoms with Gasteiger partial charge < -0.3 is 10.0 Å². The van der Waals surface area contributed by atoms with Crippen LogP contribution >= 0.6 is 11.3 Å². The number of carbonyl (C=O) groups is 1. The number of phenolic OH excluding ortho intramolecular Hbond substituents is 1. The Bertz CT molecular complexity index is 668. The summed E-state index contributed by atoms with van der Waals surface area (Å²) in [6, 6.07) is 5.42. The SMILES string of the molecule is CC1c2ccsc2CCN1C(=O)c1cc(F)ccc1O. The average Bonchev–Trinajstić information content (AvgIpc) is 2.90. The number of amides is 1. The van der Waals surface area contributed by atoms with Crippen LogP contribution in [0.4, 0.5) is 4.39 Å². The quantitative estimate of drug-likeness (QED) is 0.875. The van der Waals surface area contributed by atoms with Crippen LogP contribution in [0.2, 0.25) is 0 Å². The number of carbonyl (C=O) groups excluding carboxylic acids is 1. The van der Waals surface area contributed by atoms with Crippen LogP contribution in [0.15, 0.2) is 29.6 Å². The Labute approximate surface area is 120 Å². The second-order valence-corrected chi connectivity index (χ2v) is 5.89. The molecule has 3 rings (SSSR count). The van der Waals surface area contributed by atoms with Crippen molar-refractivity contribution in [3.05, 3.63) is 51.5 Å². The van der Waals surface area contributed by atoms with Crippen LogP contribution in [0.25, 0.3) is 0 Å². The minimum Gasteiger partial charge on any atom is -0.507 e. The minimum atomic E-state index is -0.521. The smallest absolute Gasteiger partial charge is 0.258 e. The van der Waals surface area contributed by atoms with E-state index in [4.69, 9.17) is 0 Å². The summed E-state index contributed by atoms with van der Waals surface area (Å²) in [5.41, 5.74) is 1.17. The normalized spacial score (nSPS) is 17.9. The monoisotopic (exact) mass is 291 g/mol. The van der Waals surface area contributed by atoms with Gasteiger partial charge in [-0.2, -0.15) is 0 Å². The van der Waals surface area contributed by atoms with Crippen molar-refractivity contribution in [1.29, 1.82) is 0 Å². The molecule has 104 valence electrons. The predicted molar refractivity (Wildman–Crippen MR) is 75.5 cm³/mol. The van der Waals surface area contributed by atoms with Gasteiger partial charge >= 0.3 is 0 Å². The first-order chi connectivity index (χ1) is 9.58. The second-order valence-electron chi connectivity index (χ2n) is 4.89. The first-order valence-corrected chi connectivity index (χ1v) is 7.31. The van der Waals surface area contributed by atoms with E-state index in [0.29, 0.717) is 6.54 Å². The van der Waals surface area contributed by atoms with Crippen LogP contribution in [0, 0.1) is 5.82 Å². The standard InChI is InChI=1S/C15H14FNO2S/c1-9-11-5-7-20-14(11)4-6-17(9)15(19)12-8-10(16)2-3-13(12)18/h2-3,5,7-9,18H,4,6H2,1H3. The zero-order valence-corrected chi connectivity index (χ0v) is 11.8. The van der Waals surface area contributed by atoms with E-state index in [2.05, 4.69) is 0 Å². The number of nitrogens with zero attached hydrogens (tertiary/aromatic N) is 1. The molecule has 0 saturated carbocycles. The molecule has 20 heavy (non-hydrogen) atoms. The maximum atomic E-state index is 13.3. The van der Waals surface area contributed by atoms with Crippen molar-refractivity contribution in [2.75, 3.05) is 6.54 Å². The Morgan fingerprint density at radius 3 is 3.05 bits per heavy atom. The Hall–Kier alpha value is -1.88. The van der Waals surface area contributed by atoms with E-state index in [1.807, 2.05) is 18.4 Å². The predicted octanol–water partition coefficient (Wildman–Crippen LogP) is 3.35. The van der Waals surface area contributed by atoms with Gasteiger partial charge in [0.15, 0.2) is 0 Å². The van der Waals surface area contributed by atoms with Gasteiger partial charge in [0, 0.05) is 11.4 Å². The molecule has 2 heterocycles. The summed E-state index contributed by atoms with van der Waals surface area (Å²) in [6.45, 7) is 2.54. The fourth-order valence-corrected chi connectivity index (χ4v) is 3.58. The molecule has 5 heteroatoms. The number of rotatable bonds is 1. The maximum absolute atomic E-state index is 13.3. The number of halogens is 1. The highest BCUT2D eigenvalue weighted by atomic mass is 32.1. The lowest BCUT2D eigenvalue weighted by molar-refractivity contribution is 0.0676. The molecule has 2 aromatic rings. The van der Waals surface area contributed by atoms with E-state index >= 15 is 0 Å². The van der Waals surface area contributed by atoms with E-state index < -0.39 is 5.82 Å². The number of fused-ring (bicyclic) bond motifs is 1. The summed E-state index contributed by atoms with van der Waals surface area (Å²) in [7, 11) is 0. The van der Waals surface area contributed by atoms with Crippen molar-refractivity contribution in [2.45, 2.75) is 19.4 Å². The maximum Gasteiger partial charge on any atom is 0.258 e. The second kappa shape index (κ2) is 4.90. The minimum absolute atomic E-state index is 0.0236. The molecule has 0 saturated heterocycles. The summed E-state index contributed by atoms with van der Waals surface area (Å²) in [5, 5.41) is 11.8. The third-order valence-electron chi connectivity index (χ3n) is 3.73. The first-order valence-electron chi connectivity index (χ1n) is 6.43. The van der Waals surface area contributed by atoms with Gasteiger partial charge in [0.2, 0.25) is 0 Å². The van der Waals surface area contributed by atoms with Crippen molar-refractivity contribution < 1.29 is 14.3 Å². The molecule has 1 aliphatic rings. The average molecular weight is 291 g/mol. The summed E-state index contributed by atoms with van der Waals surface area (Å²) < 4.78 is 13.3. The van der Waals surface area contributed by atoms with Crippen LogP contribution in [0.5, 0.6) is 5.75 Å². The zero-order valence-electron chi connectivity index (χ0n) is 11.0. The van der Waals surface area contributed by atoms with Gasteiger partial charge in [0.1, 0.15) is 11.6 Å². The molecular formula is C15H14FNO2S. The van der Waals surface area contributed by atoms with Crippen LogP contribution < -0.4 is 0 Å². The molecule has 1 N–H and O–H groups in total. The molecular weight excluding hydrogens is 277 g/mol. The third-order valence-corrected chi connectivity index (χ3v) is 4.72. The van der Waals surface area contributed by atoms with Gasteiger partial charge in [-0.3, -0.25) is 4.79 Å². The molecule has 1 aromatic heterocycles. The van der Waals surface area contributed by atoms with Crippen molar-refractivity contribution >= 4 is 17.2 Å². The summed E-state index contributed by atoms with van der Waals surface area (Å²) >= 11 is 1.70. The van der Waals surface area contributed by atoms with Crippen LogP contribution in [-0.4, -0.2) is 22.5 Å². The zero-order chi connectivity index (χ0) is 14.3. The van der Waals surface area contributed by atoms with Crippen LogP contribution in [-0.2, 0) is 6.42 Å². The fraction of sp³-hybridized carbons (Fsp3) is 0.267. The van der Waals surface area contributed by atoms with E-state index in [1.165, 1.54) is 10.9 Å². The lowest BCUT2D eigenvalue weighted by atomic mass is 10.00. The van der Waals surface area contributed by atoms with E-state index in [1.54, 1.807) is 16.2 Å². The summed E-state index contributed by atoms with van der Waals surface area (Å²) in [6.07, 6.45) is 0.805. The van der Waals surface area contributed by atoms with E-state index in [0.717, 1.165) is 24.1 Å². The molecule has 1 aliphatic heterocycles. The Morgan fingerprint density at radius 1 is 1.45 bits per heavy atom. The highest BCUT2D eigenvalue weighted by Gasteiger charge is 2.30. The molecule has 1 amide bonds. The summed E-state index contributed by atoms with van der Waals surface area (Å²) in [4.78, 5) is 15.5. The van der Waals surface area contributed by atoms with Crippen LogP contribution in [0.1, 0.15) is 33.8 Å². The molecule has 0 aliphatic carbocycles.